The number of carbonyl (C=O) groups is 1. The molecule has 1 N–H and O–H groups in total. The van der Waals surface area contributed by atoms with Gasteiger partial charge in [0, 0.05) is 29.6 Å². The summed E-state index contributed by atoms with van der Waals surface area (Å²) in [6.07, 6.45) is 4.67. The normalized spacial score (nSPS) is 21.0. The molecule has 1 amide bonds. The fourth-order valence-corrected chi connectivity index (χ4v) is 4.98. The van der Waals surface area contributed by atoms with Crippen molar-refractivity contribution in [2.75, 3.05) is 18.5 Å². The molecule has 3 aromatic heterocycles. The SMILES string of the molecule is C[C@@H](Nc1nc2c(Br)cccc2c2nc(-c3cnn(C)c3)nn12)C(=O)N1C[C@H]2C[C@@H]1CO2. The lowest BCUT2D eigenvalue weighted by molar-refractivity contribution is -0.136. The number of ether oxygens (including phenoxy) is 1. The lowest BCUT2D eigenvalue weighted by Gasteiger charge is -2.29. The van der Waals surface area contributed by atoms with Crippen molar-refractivity contribution in [3.05, 3.63) is 35.1 Å². The summed E-state index contributed by atoms with van der Waals surface area (Å²) in [5.74, 6) is 1.04. The summed E-state index contributed by atoms with van der Waals surface area (Å²) < 4.78 is 9.86. The second-order valence-electron chi connectivity index (χ2n) is 8.35. The van der Waals surface area contributed by atoms with Crippen LogP contribution >= 0.6 is 15.9 Å². The molecule has 2 bridgehead atoms. The Morgan fingerprint density at radius 2 is 2.22 bits per heavy atom. The third-order valence-corrected chi connectivity index (χ3v) is 6.76. The molecule has 2 saturated heterocycles. The van der Waals surface area contributed by atoms with Crippen LogP contribution < -0.4 is 5.32 Å². The van der Waals surface area contributed by atoms with Crippen LogP contribution in [-0.2, 0) is 16.6 Å². The van der Waals surface area contributed by atoms with E-state index in [4.69, 9.17) is 19.8 Å². The van der Waals surface area contributed by atoms with Crippen LogP contribution in [0.25, 0.3) is 27.9 Å². The minimum Gasteiger partial charge on any atom is -0.374 e. The lowest BCUT2D eigenvalue weighted by atomic mass is 10.2. The summed E-state index contributed by atoms with van der Waals surface area (Å²) in [4.78, 5) is 24.6. The van der Waals surface area contributed by atoms with Gasteiger partial charge in [-0.2, -0.15) is 9.61 Å². The van der Waals surface area contributed by atoms with E-state index in [0.29, 0.717) is 30.6 Å². The van der Waals surface area contributed by atoms with Gasteiger partial charge >= 0.3 is 0 Å². The average Bonchev–Trinajstić information content (AvgIpc) is 3.57. The van der Waals surface area contributed by atoms with Gasteiger partial charge in [0.15, 0.2) is 11.5 Å². The number of halogens is 1. The van der Waals surface area contributed by atoms with Gasteiger partial charge in [-0.25, -0.2) is 9.97 Å². The number of carbonyl (C=O) groups excluding carboxylic acids is 1. The molecule has 0 aliphatic carbocycles. The van der Waals surface area contributed by atoms with E-state index >= 15 is 0 Å². The minimum atomic E-state index is -0.476. The summed E-state index contributed by atoms with van der Waals surface area (Å²) in [7, 11) is 1.85. The van der Waals surface area contributed by atoms with E-state index in [1.807, 2.05) is 43.3 Å². The van der Waals surface area contributed by atoms with Crippen molar-refractivity contribution in [3.63, 3.8) is 0 Å². The Hall–Kier alpha value is -3.05. The summed E-state index contributed by atoms with van der Waals surface area (Å²) in [6.45, 7) is 3.12. The second-order valence-corrected chi connectivity index (χ2v) is 9.20. The number of nitrogens with one attached hydrogen (secondary N) is 1. The van der Waals surface area contributed by atoms with Crippen LogP contribution in [0.2, 0.25) is 0 Å². The van der Waals surface area contributed by atoms with Gasteiger partial charge < -0.3 is 15.0 Å². The molecule has 10 nitrogen and oxygen atoms in total. The number of para-hydroxylation sites is 1. The number of rotatable bonds is 4. The summed E-state index contributed by atoms with van der Waals surface area (Å²) >= 11 is 3.59. The van der Waals surface area contributed by atoms with Crippen molar-refractivity contribution >= 4 is 44.3 Å². The smallest absolute Gasteiger partial charge is 0.245 e. The molecule has 0 saturated carbocycles. The number of benzene rings is 1. The number of hydrogen-bond donors (Lipinski definition) is 1. The maximum atomic E-state index is 13.2. The number of fused-ring (bicyclic) bond motifs is 5. The Kier molecular flexibility index (Phi) is 4.44. The molecule has 5 heterocycles. The van der Waals surface area contributed by atoms with E-state index < -0.39 is 6.04 Å². The number of hydrogen-bond acceptors (Lipinski definition) is 7. The third kappa shape index (κ3) is 3.06. The zero-order valence-corrected chi connectivity index (χ0v) is 19.2. The fourth-order valence-electron chi connectivity index (χ4n) is 4.52. The molecular formula is C21H21BrN8O2. The first kappa shape index (κ1) is 19.6. The van der Waals surface area contributed by atoms with Gasteiger partial charge in [0.1, 0.15) is 6.04 Å². The molecule has 0 spiro atoms. The van der Waals surface area contributed by atoms with Crippen molar-refractivity contribution in [2.24, 2.45) is 7.05 Å². The molecule has 0 radical (unpaired) electrons. The van der Waals surface area contributed by atoms with E-state index in [2.05, 4.69) is 26.3 Å². The zero-order valence-electron chi connectivity index (χ0n) is 17.6. The van der Waals surface area contributed by atoms with Gasteiger partial charge in [-0.1, -0.05) is 6.07 Å². The Morgan fingerprint density at radius 3 is 2.94 bits per heavy atom. The van der Waals surface area contributed by atoms with Crippen molar-refractivity contribution in [2.45, 2.75) is 31.5 Å². The Balaban J connectivity index is 1.42. The van der Waals surface area contributed by atoms with E-state index in [0.717, 1.165) is 27.4 Å². The standard InChI is InChI=1S/C21H21BrN8O2/c1-11(20(31)29-9-14-6-13(29)10-32-14)24-21-25-17-15(4-3-5-16(17)22)19-26-18(27-30(19)21)12-7-23-28(2)8-12/h3-5,7-8,11,13-14H,6,9-10H2,1-2H3,(H,24,25)/t11-,13-,14-/m1/s1. The molecule has 11 heteroatoms. The maximum absolute atomic E-state index is 13.2. The van der Waals surface area contributed by atoms with E-state index in [1.165, 1.54) is 0 Å². The van der Waals surface area contributed by atoms with Gasteiger partial charge in [0.05, 0.1) is 36.0 Å². The second kappa shape index (κ2) is 7.24. The van der Waals surface area contributed by atoms with Gasteiger partial charge in [-0.15, -0.1) is 5.10 Å². The monoisotopic (exact) mass is 496 g/mol. The van der Waals surface area contributed by atoms with E-state index in [1.54, 1.807) is 15.4 Å². The third-order valence-electron chi connectivity index (χ3n) is 6.12. The van der Waals surface area contributed by atoms with Gasteiger partial charge in [0.25, 0.3) is 0 Å². The quantitative estimate of drug-likeness (QED) is 0.462. The van der Waals surface area contributed by atoms with E-state index in [9.17, 15) is 4.79 Å². The highest BCUT2D eigenvalue weighted by Crippen LogP contribution is 2.30. The Labute approximate surface area is 191 Å². The molecule has 0 unspecified atom stereocenters. The van der Waals surface area contributed by atoms with Crippen molar-refractivity contribution in [1.29, 1.82) is 0 Å². The highest BCUT2D eigenvalue weighted by Gasteiger charge is 2.42. The number of aromatic nitrogens is 6. The number of aryl methyl sites for hydroxylation is 1. The van der Waals surface area contributed by atoms with E-state index in [-0.39, 0.29) is 18.1 Å². The van der Waals surface area contributed by atoms with Crippen LogP contribution in [0.4, 0.5) is 5.95 Å². The van der Waals surface area contributed by atoms with Crippen LogP contribution in [0.3, 0.4) is 0 Å². The van der Waals surface area contributed by atoms with Crippen LogP contribution in [0.1, 0.15) is 13.3 Å². The molecule has 1 aromatic carbocycles. The molecule has 2 aliphatic rings. The number of nitrogens with zero attached hydrogens (tertiary/aromatic N) is 7. The maximum Gasteiger partial charge on any atom is 0.245 e. The lowest BCUT2D eigenvalue weighted by Crippen LogP contribution is -2.47. The molecule has 3 atom stereocenters. The highest BCUT2D eigenvalue weighted by molar-refractivity contribution is 9.10. The summed E-state index contributed by atoms with van der Waals surface area (Å²) in [5, 5.41) is 13.1. The van der Waals surface area contributed by atoms with Crippen molar-refractivity contribution in [3.8, 4) is 11.4 Å². The molecule has 164 valence electrons. The first-order valence-electron chi connectivity index (χ1n) is 10.5. The first-order valence-corrected chi connectivity index (χ1v) is 11.3. The predicted octanol–water partition coefficient (Wildman–Crippen LogP) is 2.24. The minimum absolute atomic E-state index is 0.0376. The van der Waals surface area contributed by atoms with Crippen molar-refractivity contribution in [1.82, 2.24) is 34.3 Å². The zero-order chi connectivity index (χ0) is 22.0. The largest absolute Gasteiger partial charge is 0.374 e. The van der Waals surface area contributed by atoms with Gasteiger partial charge in [-0.05, 0) is 41.4 Å². The molecule has 4 aromatic rings. The Morgan fingerprint density at radius 1 is 1.34 bits per heavy atom. The number of morpholine rings is 1. The molecule has 2 aliphatic heterocycles. The highest BCUT2D eigenvalue weighted by atomic mass is 79.9. The number of anilines is 1. The summed E-state index contributed by atoms with van der Waals surface area (Å²) in [6, 6.07) is 5.53. The average molecular weight is 497 g/mol. The molecule has 2 fully saturated rings. The number of likely N-dealkylation sites (tertiary alicyclic amines) is 1. The van der Waals surface area contributed by atoms with Gasteiger partial charge in [0.2, 0.25) is 11.9 Å². The molecule has 6 rings (SSSR count). The van der Waals surface area contributed by atoms with Crippen LogP contribution in [0, 0.1) is 0 Å². The number of amides is 1. The fraction of sp³-hybridized carbons (Fsp3) is 0.381. The van der Waals surface area contributed by atoms with Crippen molar-refractivity contribution < 1.29 is 9.53 Å². The molecule has 32 heavy (non-hydrogen) atoms. The van der Waals surface area contributed by atoms with Crippen LogP contribution in [0.5, 0.6) is 0 Å². The topological polar surface area (TPSA) is 102 Å². The predicted molar refractivity (Wildman–Crippen MR) is 121 cm³/mol. The summed E-state index contributed by atoms with van der Waals surface area (Å²) in [5.41, 5.74) is 2.22. The first-order chi connectivity index (χ1) is 15.5. The van der Waals surface area contributed by atoms with Gasteiger partial charge in [-0.3, -0.25) is 9.48 Å². The Bertz CT molecular complexity index is 1360. The molecular weight excluding hydrogens is 476 g/mol. The van der Waals surface area contributed by atoms with Crippen LogP contribution in [0.15, 0.2) is 35.1 Å². The van der Waals surface area contributed by atoms with Crippen LogP contribution in [-0.4, -0.2) is 71.5 Å².